The minimum Gasteiger partial charge on any atom is -0.508 e. The predicted molar refractivity (Wildman–Crippen MR) is 236 cm³/mol. The van der Waals surface area contributed by atoms with Gasteiger partial charge in [0.25, 0.3) is 0 Å². The Morgan fingerprint density at radius 1 is 0.629 bits per heavy atom. The quantitative estimate of drug-likeness (QED) is 0.0997. The van der Waals surface area contributed by atoms with Crippen molar-refractivity contribution in [1.82, 2.24) is 30.2 Å². The van der Waals surface area contributed by atoms with Crippen molar-refractivity contribution in [2.24, 2.45) is 5.73 Å². The zero-order valence-electron chi connectivity index (χ0n) is 36.0. The number of phenolic OH excluding ortho intramolecular Hbond substituents is 2. The fourth-order valence-electron chi connectivity index (χ4n) is 8.41. The molecular formula is C48H59N7O7. The Kier molecular flexibility index (Phi) is 15.0. The largest absolute Gasteiger partial charge is 0.508 e. The number of nitrogens with two attached hydrogens (primary N) is 1. The van der Waals surface area contributed by atoms with Crippen LogP contribution in [0.3, 0.4) is 0 Å². The number of hydrogen-bond donors (Lipinski definition) is 5. The van der Waals surface area contributed by atoms with Crippen LogP contribution in [0.1, 0.15) is 52.6 Å². The molecule has 4 aromatic carbocycles. The summed E-state index contributed by atoms with van der Waals surface area (Å²) in [4.78, 5) is 76.3. The van der Waals surface area contributed by atoms with Gasteiger partial charge in [-0.05, 0) is 118 Å². The van der Waals surface area contributed by atoms with E-state index in [4.69, 9.17) is 5.73 Å². The fourth-order valence-corrected chi connectivity index (χ4v) is 8.41. The topological polar surface area (TPSA) is 189 Å². The molecule has 0 unspecified atom stereocenters. The summed E-state index contributed by atoms with van der Waals surface area (Å²) in [6.45, 7) is 0.784. The molecule has 2 heterocycles. The number of nitrogens with zero attached hydrogens (tertiary/aromatic N) is 4. The molecule has 4 aromatic rings. The number of hydrogen-bond acceptors (Lipinski definition) is 9. The van der Waals surface area contributed by atoms with E-state index in [0.29, 0.717) is 32.1 Å². The van der Waals surface area contributed by atoms with Crippen LogP contribution in [-0.4, -0.2) is 124 Å². The average Bonchev–Trinajstić information content (AvgIpc) is 3.26. The van der Waals surface area contributed by atoms with Gasteiger partial charge in [0.1, 0.15) is 29.6 Å². The molecule has 2 aliphatic rings. The number of primary amides is 1. The van der Waals surface area contributed by atoms with Gasteiger partial charge in [-0.2, -0.15) is 0 Å². The number of phenols is 2. The highest BCUT2D eigenvalue weighted by Crippen LogP contribution is 2.28. The maximum absolute atomic E-state index is 14.3. The highest BCUT2D eigenvalue weighted by molar-refractivity contribution is 5.94. The number of unbranched alkanes of at least 4 members (excludes halogenated alkanes) is 1. The first-order chi connectivity index (χ1) is 29.7. The zero-order valence-corrected chi connectivity index (χ0v) is 36.0. The minimum absolute atomic E-state index is 0.128. The second kappa shape index (κ2) is 20.5. The van der Waals surface area contributed by atoms with Crippen molar-refractivity contribution >= 4 is 29.5 Å². The molecule has 0 aromatic heterocycles. The summed E-state index contributed by atoms with van der Waals surface area (Å²) in [6, 6.07) is 25.2. The Bertz CT molecular complexity index is 2210. The Hall–Kier alpha value is -6.25. The summed E-state index contributed by atoms with van der Waals surface area (Å²) in [5, 5.41) is 25.4. The average molecular weight is 846 g/mol. The van der Waals surface area contributed by atoms with Gasteiger partial charge in [-0.15, -0.1) is 0 Å². The molecule has 0 saturated carbocycles. The summed E-state index contributed by atoms with van der Waals surface area (Å²) in [5.41, 5.74) is 11.5. The molecule has 5 amide bonds. The zero-order chi connectivity index (χ0) is 44.5. The molecule has 0 bridgehead atoms. The highest BCUT2D eigenvalue weighted by Gasteiger charge is 2.40. The molecule has 0 saturated heterocycles. The third kappa shape index (κ3) is 11.2. The van der Waals surface area contributed by atoms with Crippen LogP contribution in [0.2, 0.25) is 0 Å². The third-order valence-corrected chi connectivity index (χ3v) is 12.1. The molecule has 14 nitrogen and oxygen atoms in total. The van der Waals surface area contributed by atoms with E-state index in [1.807, 2.05) is 86.5 Å². The van der Waals surface area contributed by atoms with Crippen LogP contribution < -0.4 is 16.4 Å². The van der Waals surface area contributed by atoms with Crippen molar-refractivity contribution in [3.8, 4) is 11.5 Å². The lowest BCUT2D eigenvalue weighted by atomic mass is 9.91. The van der Waals surface area contributed by atoms with E-state index in [2.05, 4.69) is 10.6 Å². The van der Waals surface area contributed by atoms with Crippen LogP contribution >= 0.6 is 0 Å². The van der Waals surface area contributed by atoms with Gasteiger partial charge in [0, 0.05) is 32.5 Å². The number of carbonyl (C=O) groups is 5. The smallest absolute Gasteiger partial charge is 0.243 e. The van der Waals surface area contributed by atoms with E-state index in [9.17, 15) is 34.2 Å². The fraction of sp³-hybridized carbons (Fsp3) is 0.396. The van der Waals surface area contributed by atoms with Crippen molar-refractivity contribution in [2.45, 2.75) is 88.2 Å². The van der Waals surface area contributed by atoms with E-state index in [1.54, 1.807) is 58.3 Å². The summed E-state index contributed by atoms with van der Waals surface area (Å²) < 4.78 is 0. The second-order valence-electron chi connectivity index (χ2n) is 16.9. The van der Waals surface area contributed by atoms with Crippen LogP contribution in [0.4, 0.5) is 0 Å². The first kappa shape index (κ1) is 45.3. The van der Waals surface area contributed by atoms with Gasteiger partial charge in [-0.1, -0.05) is 72.8 Å². The third-order valence-electron chi connectivity index (χ3n) is 12.1. The number of rotatable bonds is 17. The van der Waals surface area contributed by atoms with Crippen LogP contribution in [0.15, 0.2) is 97.1 Å². The number of amides is 5. The Morgan fingerprint density at radius 3 is 1.47 bits per heavy atom. The maximum atomic E-state index is 14.3. The lowest BCUT2D eigenvalue weighted by Crippen LogP contribution is -2.59. The Morgan fingerprint density at radius 2 is 1.05 bits per heavy atom. The lowest BCUT2D eigenvalue weighted by Gasteiger charge is -2.39. The molecule has 0 fully saturated rings. The maximum Gasteiger partial charge on any atom is 0.243 e. The van der Waals surface area contributed by atoms with E-state index in [1.165, 1.54) is 0 Å². The lowest BCUT2D eigenvalue weighted by molar-refractivity contribution is -0.146. The highest BCUT2D eigenvalue weighted by atomic mass is 16.3. The van der Waals surface area contributed by atoms with Gasteiger partial charge < -0.3 is 36.4 Å². The van der Waals surface area contributed by atoms with Crippen LogP contribution in [-0.2, 0) is 62.7 Å². The number of benzene rings is 4. The molecule has 6 rings (SSSR count). The summed E-state index contributed by atoms with van der Waals surface area (Å²) in [7, 11) is 7.30. The number of fused-ring (bicyclic) bond motifs is 2. The van der Waals surface area contributed by atoms with E-state index in [0.717, 1.165) is 33.4 Å². The Balaban J connectivity index is 1.08. The van der Waals surface area contributed by atoms with E-state index < -0.39 is 42.0 Å². The summed E-state index contributed by atoms with van der Waals surface area (Å²) in [6.07, 6.45) is 2.54. The van der Waals surface area contributed by atoms with Crippen molar-refractivity contribution < 1.29 is 34.2 Å². The van der Waals surface area contributed by atoms with Crippen LogP contribution in [0, 0.1) is 0 Å². The van der Waals surface area contributed by atoms with Crippen LogP contribution in [0.25, 0.3) is 0 Å². The van der Waals surface area contributed by atoms with E-state index in [-0.39, 0.29) is 61.7 Å². The normalized spacial score (nSPS) is 17.4. The molecular weight excluding hydrogens is 787 g/mol. The molecule has 0 aliphatic carbocycles. The molecule has 2 aliphatic heterocycles. The Labute approximate surface area is 363 Å². The van der Waals surface area contributed by atoms with Gasteiger partial charge in [-0.25, -0.2) is 0 Å². The number of nitrogens with one attached hydrogen (secondary N) is 2. The molecule has 0 spiro atoms. The monoisotopic (exact) mass is 845 g/mol. The molecule has 62 heavy (non-hydrogen) atoms. The molecule has 6 N–H and O–H groups in total. The molecule has 14 heteroatoms. The van der Waals surface area contributed by atoms with Gasteiger partial charge in [-0.3, -0.25) is 33.8 Å². The summed E-state index contributed by atoms with van der Waals surface area (Å²) >= 11 is 0. The van der Waals surface area contributed by atoms with Gasteiger partial charge in [0.15, 0.2) is 0 Å². The second-order valence-corrected chi connectivity index (χ2v) is 16.9. The molecule has 0 radical (unpaired) electrons. The number of carbonyl (C=O) groups excluding carboxylic acids is 5. The number of likely N-dealkylation sites (N-methyl/N-ethyl adjacent to an activating group) is 2. The molecule has 328 valence electrons. The minimum atomic E-state index is -1.01. The predicted octanol–water partition coefficient (Wildman–Crippen LogP) is 2.91. The standard InChI is InChI=1S/C48H59N7O7/c1-52(2)42(25-31-16-20-37(56)21-17-31)47(61)54-29-35-13-7-5-11-33(35)27-40(54)45(59)50-24-10-9-15-39(44(49)58)51-46(60)41-28-34-12-6-8-14-36(34)30-55(41)48(62)43(53(3)4)26-32-18-22-38(57)23-19-32/h5-8,11-14,16-23,39-43,56-57H,9-10,15,24-30H2,1-4H3,(H2,49,58)(H,50,59)(H,51,60)/t39-,40-,41-,42-,43-/m0/s1. The van der Waals surface area contributed by atoms with E-state index >= 15 is 0 Å². The summed E-state index contributed by atoms with van der Waals surface area (Å²) in [5.74, 6) is -1.59. The van der Waals surface area contributed by atoms with Gasteiger partial charge in [0.2, 0.25) is 29.5 Å². The van der Waals surface area contributed by atoms with Crippen molar-refractivity contribution in [3.63, 3.8) is 0 Å². The van der Waals surface area contributed by atoms with Crippen molar-refractivity contribution in [3.05, 3.63) is 130 Å². The SMILES string of the molecule is CN(C)[C@@H](Cc1ccc(O)cc1)C(=O)N1Cc2ccccc2C[C@H]1C(=O)NCCCC[C@H](NC(=O)[C@@H]1Cc2ccccc2CN1C(=O)[C@H](Cc1ccc(O)cc1)N(C)C)C(N)=O. The number of aromatic hydroxyl groups is 2. The van der Waals surface area contributed by atoms with Crippen LogP contribution in [0.5, 0.6) is 11.5 Å². The first-order valence-corrected chi connectivity index (χ1v) is 21.2. The molecule has 5 atom stereocenters. The first-order valence-electron chi connectivity index (χ1n) is 21.2. The van der Waals surface area contributed by atoms with Crippen molar-refractivity contribution in [1.29, 1.82) is 0 Å². The van der Waals surface area contributed by atoms with Crippen molar-refractivity contribution in [2.75, 3.05) is 34.7 Å². The van der Waals surface area contributed by atoms with Gasteiger partial charge in [0.05, 0.1) is 12.1 Å². The van der Waals surface area contributed by atoms with Gasteiger partial charge >= 0.3 is 0 Å².